The van der Waals surface area contributed by atoms with Gasteiger partial charge in [0.1, 0.15) is 5.84 Å². The molecule has 6 nitrogen and oxygen atoms in total. The van der Waals surface area contributed by atoms with Gasteiger partial charge in [-0.3, -0.25) is 4.79 Å². The third-order valence-corrected chi connectivity index (χ3v) is 5.73. The highest BCUT2D eigenvalue weighted by atomic mass is 16.7. The molecule has 5 rings (SSSR count). The second-order valence-corrected chi connectivity index (χ2v) is 7.70. The van der Waals surface area contributed by atoms with Crippen LogP contribution in [0.4, 0.5) is 0 Å². The van der Waals surface area contributed by atoms with E-state index < -0.39 is 0 Å². The third-order valence-electron chi connectivity index (χ3n) is 5.73. The van der Waals surface area contributed by atoms with Crippen molar-refractivity contribution < 1.29 is 14.3 Å². The summed E-state index contributed by atoms with van der Waals surface area (Å²) in [6.45, 7) is 2.31. The number of aliphatic imine (C=N–C) groups is 1. The maximum atomic E-state index is 11.9. The highest BCUT2D eigenvalue weighted by molar-refractivity contribution is 6.02. The minimum atomic E-state index is -0.0728. The molecule has 4 aliphatic heterocycles. The molecule has 1 aromatic rings. The minimum Gasteiger partial charge on any atom is -0.353 e. The molecule has 1 amide bonds. The van der Waals surface area contributed by atoms with Gasteiger partial charge in [-0.15, -0.1) is 0 Å². The molecule has 150 valence electrons. The Hall–Kier alpha value is -2.70. The number of hydrogen-bond acceptors (Lipinski definition) is 5. The first-order valence-corrected chi connectivity index (χ1v) is 10.4. The number of hydrogen-bond donors (Lipinski definition) is 1. The number of amides is 1. The SMILES string of the molecule is O=C1C=CC2=CN=C(c3ccc(CCOC4CCCCO4)cc3)N3CCC(=C23)N1. The Morgan fingerprint density at radius 2 is 2.10 bits per heavy atom. The summed E-state index contributed by atoms with van der Waals surface area (Å²) in [6.07, 6.45) is 10.2. The van der Waals surface area contributed by atoms with Crippen LogP contribution in [0.1, 0.15) is 36.8 Å². The average molecular weight is 391 g/mol. The summed E-state index contributed by atoms with van der Waals surface area (Å²) < 4.78 is 11.5. The number of amidine groups is 1. The van der Waals surface area contributed by atoms with Gasteiger partial charge in [0.25, 0.3) is 0 Å². The number of rotatable bonds is 5. The quantitative estimate of drug-likeness (QED) is 0.838. The summed E-state index contributed by atoms with van der Waals surface area (Å²) in [5.74, 6) is 0.859. The number of nitrogens with zero attached hydrogens (tertiary/aromatic N) is 2. The molecule has 1 aromatic carbocycles. The van der Waals surface area contributed by atoms with Crippen molar-refractivity contribution >= 4 is 11.7 Å². The molecule has 0 aromatic heterocycles. The van der Waals surface area contributed by atoms with Gasteiger partial charge in [0.15, 0.2) is 6.29 Å². The average Bonchev–Trinajstić information content (AvgIpc) is 3.09. The van der Waals surface area contributed by atoms with E-state index in [1.165, 1.54) is 12.0 Å². The summed E-state index contributed by atoms with van der Waals surface area (Å²) in [5.41, 5.74) is 5.36. The molecule has 1 fully saturated rings. The molecule has 0 aliphatic carbocycles. The molecule has 0 radical (unpaired) electrons. The molecule has 0 bridgehead atoms. The number of allylic oxidation sites excluding steroid dienone is 1. The van der Waals surface area contributed by atoms with Crippen LogP contribution in [-0.2, 0) is 20.7 Å². The van der Waals surface area contributed by atoms with Gasteiger partial charge in [-0.05, 0) is 37.3 Å². The van der Waals surface area contributed by atoms with Crippen LogP contribution in [0.3, 0.4) is 0 Å². The molecule has 4 aliphatic rings. The number of nitrogens with one attached hydrogen (secondary N) is 1. The minimum absolute atomic E-state index is 0.0349. The zero-order chi connectivity index (χ0) is 19.6. The van der Waals surface area contributed by atoms with E-state index in [9.17, 15) is 4.79 Å². The lowest BCUT2D eigenvalue weighted by molar-refractivity contribution is -0.161. The largest absolute Gasteiger partial charge is 0.353 e. The Kier molecular flexibility index (Phi) is 5.04. The summed E-state index contributed by atoms with van der Waals surface area (Å²) in [5, 5.41) is 2.99. The van der Waals surface area contributed by atoms with Gasteiger partial charge in [-0.1, -0.05) is 24.3 Å². The summed E-state index contributed by atoms with van der Waals surface area (Å²) in [7, 11) is 0. The van der Waals surface area contributed by atoms with E-state index >= 15 is 0 Å². The molecule has 4 heterocycles. The standard InChI is InChI=1S/C23H25N3O3/c27-20-9-8-18-15-24-23(26-12-10-19(25-20)22(18)26)17-6-4-16(5-7-17)11-14-29-21-3-1-2-13-28-21/h4-9,15,21H,1-3,10-14H2,(H,25,27). The topological polar surface area (TPSA) is 63.2 Å². The third kappa shape index (κ3) is 3.78. The molecular formula is C23H25N3O3. The lowest BCUT2D eigenvalue weighted by Gasteiger charge is -2.27. The summed E-state index contributed by atoms with van der Waals surface area (Å²) in [6, 6.07) is 8.52. The molecular weight excluding hydrogens is 366 g/mol. The number of ether oxygens (including phenoxy) is 2. The highest BCUT2D eigenvalue weighted by Gasteiger charge is 2.32. The normalized spacial score (nSPS) is 23.4. The maximum Gasteiger partial charge on any atom is 0.248 e. The highest BCUT2D eigenvalue weighted by Crippen LogP contribution is 2.34. The summed E-state index contributed by atoms with van der Waals surface area (Å²) >= 11 is 0. The second-order valence-electron chi connectivity index (χ2n) is 7.70. The predicted octanol–water partition coefficient (Wildman–Crippen LogP) is 3.02. The van der Waals surface area contributed by atoms with Crippen molar-refractivity contribution in [2.75, 3.05) is 19.8 Å². The van der Waals surface area contributed by atoms with E-state index in [4.69, 9.17) is 14.5 Å². The van der Waals surface area contributed by atoms with E-state index in [2.05, 4.69) is 34.5 Å². The Balaban J connectivity index is 1.27. The lowest BCUT2D eigenvalue weighted by atomic mass is 10.1. The van der Waals surface area contributed by atoms with Crippen molar-refractivity contribution in [2.24, 2.45) is 4.99 Å². The van der Waals surface area contributed by atoms with E-state index in [1.54, 1.807) is 6.08 Å². The fourth-order valence-electron chi connectivity index (χ4n) is 4.22. The van der Waals surface area contributed by atoms with Gasteiger partial charge in [0, 0.05) is 48.7 Å². The molecule has 29 heavy (non-hydrogen) atoms. The molecule has 0 saturated carbocycles. The van der Waals surface area contributed by atoms with Crippen LogP contribution in [0.15, 0.2) is 64.6 Å². The molecule has 0 spiro atoms. The van der Waals surface area contributed by atoms with Crippen molar-refractivity contribution in [3.8, 4) is 0 Å². The molecule has 6 heteroatoms. The number of carbonyl (C=O) groups excluding carboxylic acids is 1. The van der Waals surface area contributed by atoms with Crippen LogP contribution in [0.25, 0.3) is 0 Å². The van der Waals surface area contributed by atoms with E-state index in [0.29, 0.717) is 6.61 Å². The fourth-order valence-corrected chi connectivity index (χ4v) is 4.22. The Labute approximate surface area is 170 Å². The number of carbonyl (C=O) groups is 1. The van der Waals surface area contributed by atoms with Gasteiger partial charge < -0.3 is 19.7 Å². The van der Waals surface area contributed by atoms with E-state index in [1.807, 2.05) is 12.3 Å². The first kappa shape index (κ1) is 18.3. The first-order valence-electron chi connectivity index (χ1n) is 10.4. The van der Waals surface area contributed by atoms with Crippen LogP contribution < -0.4 is 5.32 Å². The Morgan fingerprint density at radius 1 is 1.21 bits per heavy atom. The molecule has 1 unspecified atom stereocenters. The van der Waals surface area contributed by atoms with Crippen LogP contribution in [0, 0.1) is 0 Å². The van der Waals surface area contributed by atoms with Gasteiger partial charge >= 0.3 is 0 Å². The molecule has 1 saturated heterocycles. The van der Waals surface area contributed by atoms with E-state index in [0.717, 1.165) is 67.2 Å². The predicted molar refractivity (Wildman–Crippen MR) is 110 cm³/mol. The molecule has 1 atom stereocenters. The van der Waals surface area contributed by atoms with E-state index in [-0.39, 0.29) is 12.2 Å². The van der Waals surface area contributed by atoms with Crippen molar-refractivity contribution in [3.05, 3.63) is 70.7 Å². The van der Waals surface area contributed by atoms with Crippen LogP contribution in [0.2, 0.25) is 0 Å². The van der Waals surface area contributed by atoms with Crippen LogP contribution in [-0.4, -0.2) is 42.7 Å². The van der Waals surface area contributed by atoms with Gasteiger partial charge in [-0.25, -0.2) is 4.99 Å². The fraction of sp³-hybridized carbons (Fsp3) is 0.391. The van der Waals surface area contributed by atoms with Crippen LogP contribution in [0.5, 0.6) is 0 Å². The monoisotopic (exact) mass is 391 g/mol. The van der Waals surface area contributed by atoms with Gasteiger partial charge in [0.2, 0.25) is 5.91 Å². The zero-order valence-electron chi connectivity index (χ0n) is 16.4. The second kappa shape index (κ2) is 7.97. The number of benzene rings is 1. The van der Waals surface area contributed by atoms with Crippen molar-refractivity contribution in [3.63, 3.8) is 0 Å². The van der Waals surface area contributed by atoms with Crippen LogP contribution >= 0.6 is 0 Å². The maximum absolute atomic E-state index is 11.9. The zero-order valence-corrected chi connectivity index (χ0v) is 16.4. The molecule has 1 N–H and O–H groups in total. The van der Waals surface area contributed by atoms with Crippen molar-refractivity contribution in [2.45, 2.75) is 38.4 Å². The van der Waals surface area contributed by atoms with Gasteiger partial charge in [0.05, 0.1) is 12.3 Å². The van der Waals surface area contributed by atoms with Gasteiger partial charge in [-0.2, -0.15) is 0 Å². The lowest BCUT2D eigenvalue weighted by Crippen LogP contribution is -2.31. The Bertz CT molecular complexity index is 921. The van der Waals surface area contributed by atoms with Crippen molar-refractivity contribution in [1.29, 1.82) is 0 Å². The van der Waals surface area contributed by atoms with Crippen molar-refractivity contribution in [1.82, 2.24) is 10.2 Å². The smallest absolute Gasteiger partial charge is 0.248 e. The Morgan fingerprint density at radius 3 is 2.93 bits per heavy atom. The first-order chi connectivity index (χ1) is 14.3. The summed E-state index contributed by atoms with van der Waals surface area (Å²) in [4.78, 5) is 18.8.